The molecule has 0 aliphatic rings. The Balaban J connectivity index is 2.23. The minimum Gasteiger partial charge on any atom is -0.429 e. The van der Waals surface area contributed by atoms with E-state index in [4.69, 9.17) is 9.84 Å². The summed E-state index contributed by atoms with van der Waals surface area (Å²) < 4.78 is 5.51. The van der Waals surface area contributed by atoms with Crippen LogP contribution in [-0.4, -0.2) is 15.3 Å². The van der Waals surface area contributed by atoms with Gasteiger partial charge in [-0.2, -0.15) is 0 Å². The lowest BCUT2D eigenvalue weighted by atomic mass is 10.2. The smallest absolute Gasteiger partial charge is 0.299 e. The van der Waals surface area contributed by atoms with Gasteiger partial charge >= 0.3 is 0 Å². The number of aryl methyl sites for hydroxylation is 1. The molecule has 4 nitrogen and oxygen atoms in total. The lowest BCUT2D eigenvalue weighted by Crippen LogP contribution is -1.90. The lowest BCUT2D eigenvalue weighted by Gasteiger charge is -2.05. The van der Waals surface area contributed by atoms with Gasteiger partial charge in [0.25, 0.3) is 5.19 Å². The van der Waals surface area contributed by atoms with Crippen LogP contribution >= 0.6 is 11.3 Å². The Morgan fingerprint density at radius 3 is 2.80 bits per heavy atom. The van der Waals surface area contributed by atoms with Crippen molar-refractivity contribution in [3.63, 3.8) is 0 Å². The zero-order valence-corrected chi connectivity index (χ0v) is 8.99. The van der Waals surface area contributed by atoms with Crippen molar-refractivity contribution in [2.75, 3.05) is 0 Å². The number of hydrogen-bond acceptors (Lipinski definition) is 5. The van der Waals surface area contributed by atoms with Crippen LogP contribution in [-0.2, 0) is 6.61 Å². The Morgan fingerprint density at radius 2 is 2.13 bits per heavy atom. The highest BCUT2D eigenvalue weighted by Gasteiger charge is 2.06. The van der Waals surface area contributed by atoms with Gasteiger partial charge in [0.2, 0.25) is 0 Å². The Morgan fingerprint density at radius 1 is 1.33 bits per heavy atom. The number of para-hydroxylation sites is 1. The van der Waals surface area contributed by atoms with Crippen LogP contribution in [0, 0.1) is 6.92 Å². The van der Waals surface area contributed by atoms with E-state index in [0.29, 0.717) is 10.9 Å². The first-order valence-electron chi connectivity index (χ1n) is 4.46. The Kier molecular flexibility index (Phi) is 2.94. The molecule has 78 valence electrons. The summed E-state index contributed by atoms with van der Waals surface area (Å²) >= 11 is 1.38. The lowest BCUT2D eigenvalue weighted by molar-refractivity contribution is 0.276. The normalized spacial score (nSPS) is 10.3. The molecule has 0 fully saturated rings. The average Bonchev–Trinajstić information content (AvgIpc) is 2.65. The highest BCUT2D eigenvalue weighted by molar-refractivity contribution is 7.13. The van der Waals surface area contributed by atoms with E-state index in [2.05, 4.69) is 10.2 Å². The molecule has 0 bridgehead atoms. The van der Waals surface area contributed by atoms with Gasteiger partial charge in [0.1, 0.15) is 10.8 Å². The molecule has 2 rings (SSSR count). The number of nitrogens with zero attached hydrogens (tertiary/aromatic N) is 2. The van der Waals surface area contributed by atoms with Crippen LogP contribution in [0.25, 0.3) is 0 Å². The van der Waals surface area contributed by atoms with Gasteiger partial charge in [0.15, 0.2) is 0 Å². The fourth-order valence-electron chi connectivity index (χ4n) is 1.15. The summed E-state index contributed by atoms with van der Waals surface area (Å²) in [6.07, 6.45) is 0. The molecule has 0 atom stereocenters. The SMILES string of the molecule is Cc1nnc(Oc2ccccc2CO)s1. The summed E-state index contributed by atoms with van der Waals surface area (Å²) in [4.78, 5) is 0. The van der Waals surface area contributed by atoms with E-state index in [9.17, 15) is 0 Å². The monoisotopic (exact) mass is 222 g/mol. The van der Waals surface area contributed by atoms with Crippen molar-refractivity contribution in [2.45, 2.75) is 13.5 Å². The van der Waals surface area contributed by atoms with Crippen LogP contribution in [0.1, 0.15) is 10.6 Å². The van der Waals surface area contributed by atoms with Crippen LogP contribution in [0.3, 0.4) is 0 Å². The highest BCUT2D eigenvalue weighted by atomic mass is 32.1. The molecular weight excluding hydrogens is 212 g/mol. The molecule has 0 saturated heterocycles. The Labute approximate surface area is 91.2 Å². The second-order valence-corrected chi connectivity index (χ2v) is 4.10. The number of hydrogen-bond donors (Lipinski definition) is 1. The van der Waals surface area contributed by atoms with Crippen molar-refractivity contribution >= 4 is 11.3 Å². The second-order valence-electron chi connectivity index (χ2n) is 2.95. The van der Waals surface area contributed by atoms with Gasteiger partial charge in [0, 0.05) is 5.56 Å². The van der Waals surface area contributed by atoms with Gasteiger partial charge in [0.05, 0.1) is 6.61 Å². The van der Waals surface area contributed by atoms with Gasteiger partial charge in [-0.05, 0) is 13.0 Å². The standard InChI is InChI=1S/C10H10N2O2S/c1-7-11-12-10(15-7)14-9-5-3-2-4-8(9)6-13/h2-5,13H,6H2,1H3. The third-order valence-corrected chi connectivity index (χ3v) is 2.56. The summed E-state index contributed by atoms with van der Waals surface area (Å²) in [5, 5.41) is 18.1. The molecule has 0 unspecified atom stereocenters. The third kappa shape index (κ3) is 2.31. The molecule has 5 heteroatoms. The van der Waals surface area contributed by atoms with E-state index in [0.717, 1.165) is 10.6 Å². The molecule has 1 aromatic heterocycles. The maximum atomic E-state index is 9.09. The summed E-state index contributed by atoms with van der Waals surface area (Å²) in [6, 6.07) is 7.30. The molecular formula is C10H10N2O2S. The second kappa shape index (κ2) is 4.37. The van der Waals surface area contributed by atoms with Crippen molar-refractivity contribution in [3.8, 4) is 10.9 Å². The van der Waals surface area contributed by atoms with Crippen molar-refractivity contribution in [1.82, 2.24) is 10.2 Å². The summed E-state index contributed by atoms with van der Waals surface area (Å²) in [6.45, 7) is 1.82. The van der Waals surface area contributed by atoms with E-state index in [1.807, 2.05) is 25.1 Å². The van der Waals surface area contributed by atoms with E-state index < -0.39 is 0 Å². The van der Waals surface area contributed by atoms with Crippen molar-refractivity contribution in [2.24, 2.45) is 0 Å². The number of aliphatic hydroxyl groups excluding tert-OH is 1. The molecule has 1 N–H and O–H groups in total. The van der Waals surface area contributed by atoms with E-state index in [1.54, 1.807) is 6.07 Å². The highest BCUT2D eigenvalue weighted by Crippen LogP contribution is 2.27. The number of aliphatic hydroxyl groups is 1. The van der Waals surface area contributed by atoms with E-state index >= 15 is 0 Å². The van der Waals surface area contributed by atoms with Crippen LogP contribution in [0.15, 0.2) is 24.3 Å². The van der Waals surface area contributed by atoms with E-state index in [1.165, 1.54) is 11.3 Å². The first-order valence-corrected chi connectivity index (χ1v) is 5.28. The average molecular weight is 222 g/mol. The molecule has 15 heavy (non-hydrogen) atoms. The van der Waals surface area contributed by atoms with Crippen molar-refractivity contribution in [1.29, 1.82) is 0 Å². The number of aromatic nitrogens is 2. The fraction of sp³-hybridized carbons (Fsp3) is 0.200. The quantitative estimate of drug-likeness (QED) is 0.864. The molecule has 2 aromatic rings. The van der Waals surface area contributed by atoms with Crippen molar-refractivity contribution < 1.29 is 9.84 Å². The topological polar surface area (TPSA) is 55.2 Å². The maximum absolute atomic E-state index is 9.09. The van der Waals surface area contributed by atoms with Crippen molar-refractivity contribution in [3.05, 3.63) is 34.8 Å². The van der Waals surface area contributed by atoms with Crippen LogP contribution in [0.4, 0.5) is 0 Å². The van der Waals surface area contributed by atoms with Gasteiger partial charge in [-0.1, -0.05) is 34.6 Å². The predicted octanol–water partition coefficient (Wildman–Crippen LogP) is 2.13. The summed E-state index contributed by atoms with van der Waals surface area (Å²) in [5.41, 5.74) is 0.741. The number of benzene rings is 1. The first-order chi connectivity index (χ1) is 7.29. The largest absolute Gasteiger partial charge is 0.429 e. The summed E-state index contributed by atoms with van der Waals surface area (Å²) in [7, 11) is 0. The molecule has 0 aliphatic carbocycles. The molecule has 0 spiro atoms. The fourth-order valence-corrected chi connectivity index (χ4v) is 1.70. The number of ether oxygens (including phenoxy) is 1. The maximum Gasteiger partial charge on any atom is 0.299 e. The molecule has 1 heterocycles. The number of rotatable bonds is 3. The van der Waals surface area contributed by atoms with Gasteiger partial charge in [-0.3, -0.25) is 0 Å². The predicted molar refractivity (Wildman–Crippen MR) is 57.1 cm³/mol. The zero-order valence-electron chi connectivity index (χ0n) is 8.17. The van der Waals surface area contributed by atoms with Gasteiger partial charge < -0.3 is 9.84 Å². The van der Waals surface area contributed by atoms with Crippen LogP contribution in [0.5, 0.6) is 10.9 Å². The van der Waals surface area contributed by atoms with Gasteiger partial charge in [-0.25, -0.2) is 0 Å². The molecule has 1 aromatic carbocycles. The molecule has 0 radical (unpaired) electrons. The van der Waals surface area contributed by atoms with Gasteiger partial charge in [-0.15, -0.1) is 5.10 Å². The molecule has 0 amide bonds. The van der Waals surface area contributed by atoms with Crippen LogP contribution in [0.2, 0.25) is 0 Å². The minimum atomic E-state index is -0.0477. The Hall–Kier alpha value is -1.46. The Bertz CT molecular complexity index is 456. The first kappa shape index (κ1) is 10.1. The van der Waals surface area contributed by atoms with E-state index in [-0.39, 0.29) is 6.61 Å². The zero-order chi connectivity index (χ0) is 10.7. The third-order valence-electron chi connectivity index (χ3n) is 1.85. The van der Waals surface area contributed by atoms with Crippen LogP contribution < -0.4 is 4.74 Å². The minimum absolute atomic E-state index is 0.0477. The molecule has 0 saturated carbocycles. The molecule has 0 aliphatic heterocycles. The summed E-state index contributed by atoms with van der Waals surface area (Å²) in [5.74, 6) is 0.621.